The summed E-state index contributed by atoms with van der Waals surface area (Å²) < 4.78 is 42.6. The second-order valence-corrected chi connectivity index (χ2v) is 10.2. The van der Waals surface area contributed by atoms with Crippen LogP contribution in [0.4, 0.5) is 4.39 Å². The molecule has 4 rings (SSSR count). The summed E-state index contributed by atoms with van der Waals surface area (Å²) in [4.78, 5) is 17.2. The maximum atomic E-state index is 13.9. The Hall–Kier alpha value is -2.30. The molecular weight excluding hydrogens is 421 g/mol. The van der Waals surface area contributed by atoms with Gasteiger partial charge in [-0.2, -0.15) is 9.40 Å². The molecule has 2 aliphatic heterocycles. The number of hydrogen-bond donors (Lipinski definition) is 0. The highest BCUT2D eigenvalue weighted by molar-refractivity contribution is 7.89. The Balaban J connectivity index is 1.34. The van der Waals surface area contributed by atoms with Crippen LogP contribution in [0.3, 0.4) is 0 Å². The van der Waals surface area contributed by atoms with Crippen molar-refractivity contribution < 1.29 is 17.6 Å². The van der Waals surface area contributed by atoms with E-state index >= 15 is 0 Å². The third-order valence-corrected chi connectivity index (χ3v) is 7.91. The van der Waals surface area contributed by atoms with Crippen molar-refractivity contribution in [3.8, 4) is 0 Å². The number of piperidine rings is 1. The van der Waals surface area contributed by atoms with Crippen LogP contribution in [0, 0.1) is 11.7 Å². The largest absolute Gasteiger partial charge is 0.340 e. The van der Waals surface area contributed by atoms with Crippen LogP contribution in [0.15, 0.2) is 41.6 Å². The summed E-state index contributed by atoms with van der Waals surface area (Å²) in [5, 5.41) is 3.96. The highest BCUT2D eigenvalue weighted by Crippen LogP contribution is 2.25. The van der Waals surface area contributed by atoms with Gasteiger partial charge in [-0.15, -0.1) is 0 Å². The molecule has 0 N–H and O–H groups in total. The molecule has 1 aromatic heterocycles. The summed E-state index contributed by atoms with van der Waals surface area (Å²) in [6.45, 7) is 3.62. The predicted molar refractivity (Wildman–Crippen MR) is 113 cm³/mol. The van der Waals surface area contributed by atoms with Gasteiger partial charge in [-0.3, -0.25) is 14.4 Å². The first-order valence-corrected chi connectivity index (χ1v) is 12.0. The highest BCUT2D eigenvalue weighted by Gasteiger charge is 2.36. The van der Waals surface area contributed by atoms with Crippen molar-refractivity contribution >= 4 is 15.9 Å². The summed E-state index contributed by atoms with van der Waals surface area (Å²) in [5.74, 6) is -0.534. The van der Waals surface area contributed by atoms with Gasteiger partial charge in [0.2, 0.25) is 15.9 Å². The van der Waals surface area contributed by atoms with E-state index in [1.165, 1.54) is 27.4 Å². The lowest BCUT2D eigenvalue weighted by atomic mass is 9.97. The standard InChI is InChI=1S/C21H28FN5O3S/c1-24-16-19(13-23-24)31(29,30)27-8-4-6-18(15-27)21(28)26-11-9-25(10-12-26)14-17-5-2-3-7-20(17)22/h2-3,5,7,13,16,18H,4,6,8-12,14-15H2,1H3/t18-/m0/s1. The van der Waals surface area contributed by atoms with Crippen LogP contribution in [0.2, 0.25) is 0 Å². The summed E-state index contributed by atoms with van der Waals surface area (Å²) in [5.41, 5.74) is 0.658. The van der Waals surface area contributed by atoms with E-state index in [1.807, 2.05) is 11.0 Å². The fourth-order valence-electron chi connectivity index (χ4n) is 4.30. The lowest BCUT2D eigenvalue weighted by Crippen LogP contribution is -2.52. The molecule has 2 fully saturated rings. The topological polar surface area (TPSA) is 78.8 Å². The number of amides is 1. The zero-order valence-electron chi connectivity index (χ0n) is 17.7. The molecule has 2 aromatic rings. The molecule has 1 atom stereocenters. The van der Waals surface area contributed by atoms with E-state index < -0.39 is 10.0 Å². The van der Waals surface area contributed by atoms with Crippen LogP contribution in [-0.2, 0) is 28.4 Å². The number of rotatable bonds is 5. The van der Waals surface area contributed by atoms with Crippen LogP contribution in [0.1, 0.15) is 18.4 Å². The molecule has 1 aromatic carbocycles. The van der Waals surface area contributed by atoms with Crippen LogP contribution in [0.5, 0.6) is 0 Å². The quantitative estimate of drug-likeness (QED) is 0.688. The summed E-state index contributed by atoms with van der Waals surface area (Å²) in [6, 6.07) is 6.75. The molecule has 31 heavy (non-hydrogen) atoms. The van der Waals surface area contributed by atoms with Gasteiger partial charge in [-0.1, -0.05) is 18.2 Å². The van der Waals surface area contributed by atoms with Gasteiger partial charge in [-0.05, 0) is 18.9 Å². The fourth-order valence-corrected chi connectivity index (χ4v) is 5.81. The number of hydrogen-bond acceptors (Lipinski definition) is 5. The van der Waals surface area contributed by atoms with Crippen molar-refractivity contribution in [1.29, 1.82) is 0 Å². The SMILES string of the molecule is Cn1cc(S(=O)(=O)N2CCC[C@H](C(=O)N3CCN(Cc4ccccc4F)CC3)C2)cn1. The average molecular weight is 450 g/mol. The molecular formula is C21H28FN5O3S. The minimum absolute atomic E-state index is 0.0108. The van der Waals surface area contributed by atoms with Crippen molar-refractivity contribution in [1.82, 2.24) is 23.9 Å². The van der Waals surface area contributed by atoms with Crippen molar-refractivity contribution in [2.45, 2.75) is 24.3 Å². The summed E-state index contributed by atoms with van der Waals surface area (Å²) >= 11 is 0. The first-order chi connectivity index (χ1) is 14.8. The van der Waals surface area contributed by atoms with Gasteiger partial charge in [0.1, 0.15) is 10.7 Å². The molecule has 10 heteroatoms. The summed E-state index contributed by atoms with van der Waals surface area (Å²) in [6.07, 6.45) is 4.17. The van der Waals surface area contributed by atoms with Gasteiger partial charge in [-0.25, -0.2) is 12.8 Å². The third-order valence-electron chi connectivity index (χ3n) is 6.09. The predicted octanol–water partition coefficient (Wildman–Crippen LogP) is 1.30. The Kier molecular flexibility index (Phi) is 6.40. The van der Waals surface area contributed by atoms with E-state index in [9.17, 15) is 17.6 Å². The van der Waals surface area contributed by atoms with Gasteiger partial charge < -0.3 is 4.90 Å². The number of carbonyl (C=O) groups excluding carboxylic acids is 1. The van der Waals surface area contributed by atoms with Gasteiger partial charge in [0.15, 0.2) is 0 Å². The number of sulfonamides is 1. The van der Waals surface area contributed by atoms with Crippen molar-refractivity contribution in [2.75, 3.05) is 39.3 Å². The first-order valence-electron chi connectivity index (χ1n) is 10.6. The molecule has 0 radical (unpaired) electrons. The lowest BCUT2D eigenvalue weighted by Gasteiger charge is -2.38. The monoisotopic (exact) mass is 449 g/mol. The number of aryl methyl sites for hydroxylation is 1. The molecule has 8 nitrogen and oxygen atoms in total. The normalized spacial score (nSPS) is 21.4. The van der Waals surface area contributed by atoms with Crippen LogP contribution in [0.25, 0.3) is 0 Å². The van der Waals surface area contributed by atoms with E-state index in [0.717, 1.165) is 0 Å². The number of piperazine rings is 1. The van der Waals surface area contributed by atoms with Crippen molar-refractivity contribution in [3.63, 3.8) is 0 Å². The van der Waals surface area contributed by atoms with Crippen molar-refractivity contribution in [2.24, 2.45) is 13.0 Å². The average Bonchev–Trinajstić information content (AvgIpc) is 3.23. The minimum Gasteiger partial charge on any atom is -0.340 e. The van der Waals surface area contributed by atoms with Gasteiger partial charge in [0.25, 0.3) is 0 Å². The molecule has 3 heterocycles. The number of carbonyl (C=O) groups is 1. The molecule has 168 valence electrons. The number of nitrogens with zero attached hydrogens (tertiary/aromatic N) is 5. The first kappa shape index (κ1) is 21.9. The fraction of sp³-hybridized carbons (Fsp3) is 0.524. The second-order valence-electron chi connectivity index (χ2n) is 8.24. The highest BCUT2D eigenvalue weighted by atomic mass is 32.2. The Bertz CT molecular complexity index is 1030. The molecule has 0 unspecified atom stereocenters. The zero-order chi connectivity index (χ0) is 22.0. The van der Waals surface area contributed by atoms with E-state index in [1.54, 1.807) is 19.2 Å². The Morgan fingerprint density at radius 1 is 1.16 bits per heavy atom. The van der Waals surface area contributed by atoms with Crippen molar-refractivity contribution in [3.05, 3.63) is 48.0 Å². The van der Waals surface area contributed by atoms with Gasteiger partial charge >= 0.3 is 0 Å². The zero-order valence-corrected chi connectivity index (χ0v) is 18.5. The minimum atomic E-state index is -3.65. The maximum Gasteiger partial charge on any atom is 0.246 e. The maximum absolute atomic E-state index is 13.9. The van der Waals surface area contributed by atoms with Crippen LogP contribution < -0.4 is 0 Å². The van der Waals surface area contributed by atoms with Gasteiger partial charge in [0, 0.05) is 64.6 Å². The van der Waals surface area contributed by atoms with Crippen LogP contribution >= 0.6 is 0 Å². The molecule has 0 bridgehead atoms. The molecule has 0 saturated carbocycles. The summed E-state index contributed by atoms with van der Waals surface area (Å²) in [7, 11) is -1.98. The smallest absolute Gasteiger partial charge is 0.246 e. The molecule has 0 spiro atoms. The number of halogens is 1. The Morgan fingerprint density at radius 3 is 2.58 bits per heavy atom. The van der Waals surface area contributed by atoms with E-state index in [2.05, 4.69) is 10.00 Å². The molecule has 1 amide bonds. The van der Waals surface area contributed by atoms with Gasteiger partial charge in [0.05, 0.1) is 12.1 Å². The van der Waals surface area contributed by atoms with E-state index in [0.29, 0.717) is 57.7 Å². The Labute approximate surface area is 182 Å². The molecule has 0 aliphatic carbocycles. The second kappa shape index (κ2) is 9.05. The van der Waals surface area contributed by atoms with Crippen LogP contribution in [-0.4, -0.2) is 77.5 Å². The number of benzene rings is 1. The lowest BCUT2D eigenvalue weighted by molar-refractivity contribution is -0.138. The van der Waals surface area contributed by atoms with E-state index in [-0.39, 0.29) is 29.1 Å². The molecule has 2 aliphatic rings. The Morgan fingerprint density at radius 2 is 1.90 bits per heavy atom. The third kappa shape index (κ3) is 4.81. The molecule has 2 saturated heterocycles. The number of aromatic nitrogens is 2. The van der Waals surface area contributed by atoms with E-state index in [4.69, 9.17) is 0 Å².